The lowest BCUT2D eigenvalue weighted by Crippen LogP contribution is -2.08. The second-order valence-electron chi connectivity index (χ2n) is 5.74. The van der Waals surface area contributed by atoms with Crippen molar-refractivity contribution in [3.8, 4) is 17.3 Å². The minimum absolute atomic E-state index is 0.0132. The van der Waals surface area contributed by atoms with Crippen LogP contribution in [0.1, 0.15) is 29.2 Å². The van der Waals surface area contributed by atoms with Gasteiger partial charge in [0.15, 0.2) is 0 Å². The molecule has 1 amide bonds. The molecule has 6 heteroatoms. The van der Waals surface area contributed by atoms with Gasteiger partial charge in [-0.05, 0) is 36.8 Å². The van der Waals surface area contributed by atoms with E-state index in [4.69, 9.17) is 4.42 Å². The number of hydrogen-bond donors (Lipinski definition) is 1. The number of hydrogen-bond acceptors (Lipinski definition) is 5. The number of anilines is 1. The quantitative estimate of drug-likeness (QED) is 0.706. The van der Waals surface area contributed by atoms with Crippen molar-refractivity contribution in [2.45, 2.75) is 12.8 Å². The fraction of sp³-hybridized carbons (Fsp3) is 0.105. The van der Waals surface area contributed by atoms with Gasteiger partial charge in [-0.2, -0.15) is 5.26 Å². The highest BCUT2D eigenvalue weighted by Gasteiger charge is 2.26. The molecule has 1 atom stereocenters. The van der Waals surface area contributed by atoms with Gasteiger partial charge in [0.2, 0.25) is 5.91 Å². The molecule has 3 aromatic rings. The number of nitrogens with one attached hydrogen (secondary N) is 1. The summed E-state index contributed by atoms with van der Waals surface area (Å²) >= 11 is 1.41. The summed E-state index contributed by atoms with van der Waals surface area (Å²) in [6.07, 6.45) is 3.24. The topological polar surface area (TPSA) is 78.9 Å². The van der Waals surface area contributed by atoms with Gasteiger partial charge in [-0.15, -0.1) is 11.3 Å². The normalized spacial score (nSPS) is 16.4. The zero-order valence-electron chi connectivity index (χ0n) is 13.3. The predicted molar refractivity (Wildman–Crippen MR) is 96.8 cm³/mol. The van der Waals surface area contributed by atoms with Gasteiger partial charge in [0, 0.05) is 22.7 Å². The van der Waals surface area contributed by atoms with Gasteiger partial charge in [0.05, 0.1) is 23.4 Å². The molecule has 25 heavy (non-hydrogen) atoms. The number of amides is 1. The molecule has 1 aliphatic rings. The highest BCUT2D eigenvalue weighted by atomic mass is 32.1. The van der Waals surface area contributed by atoms with E-state index in [2.05, 4.69) is 16.4 Å². The molecule has 0 bridgehead atoms. The maximum absolute atomic E-state index is 11.8. The fourth-order valence-electron chi connectivity index (χ4n) is 2.76. The van der Waals surface area contributed by atoms with Crippen molar-refractivity contribution in [1.82, 2.24) is 4.98 Å². The van der Waals surface area contributed by atoms with Gasteiger partial charge < -0.3 is 9.73 Å². The molecule has 0 saturated carbocycles. The van der Waals surface area contributed by atoms with Crippen molar-refractivity contribution in [2.75, 3.05) is 5.32 Å². The fourth-order valence-corrected chi connectivity index (χ4v) is 3.56. The van der Waals surface area contributed by atoms with Crippen LogP contribution in [-0.2, 0) is 4.79 Å². The van der Waals surface area contributed by atoms with Crippen LogP contribution in [0.3, 0.4) is 0 Å². The van der Waals surface area contributed by atoms with Crippen LogP contribution in [0.5, 0.6) is 0 Å². The summed E-state index contributed by atoms with van der Waals surface area (Å²) in [6.45, 7) is 1.89. The first-order valence-corrected chi connectivity index (χ1v) is 8.60. The number of fused-ring (bicyclic) bond motifs is 1. The van der Waals surface area contributed by atoms with E-state index in [0.717, 1.165) is 22.5 Å². The molecular weight excluding hydrogens is 334 g/mol. The lowest BCUT2D eigenvalue weighted by Gasteiger charge is -2.03. The summed E-state index contributed by atoms with van der Waals surface area (Å²) in [6, 6.07) is 11.5. The Hall–Kier alpha value is -3.17. The van der Waals surface area contributed by atoms with Gasteiger partial charge in [0.1, 0.15) is 16.8 Å². The zero-order valence-corrected chi connectivity index (χ0v) is 14.1. The SMILES string of the molecule is C[C@H]1C(=O)Nc2ccc(-c3csc(/C(C#N)=C/c4ccco4)n3)cc21. The number of furan rings is 1. The van der Waals surface area contributed by atoms with Crippen molar-refractivity contribution in [3.05, 3.63) is 58.3 Å². The number of carbonyl (C=O) groups excluding carboxylic acids is 1. The average Bonchev–Trinajstić information content (AvgIpc) is 3.35. The number of nitriles is 1. The molecule has 1 aliphatic heterocycles. The van der Waals surface area contributed by atoms with Crippen molar-refractivity contribution in [3.63, 3.8) is 0 Å². The molecule has 1 aromatic carbocycles. The largest absolute Gasteiger partial charge is 0.465 e. The number of benzene rings is 1. The summed E-state index contributed by atoms with van der Waals surface area (Å²) in [4.78, 5) is 16.4. The Morgan fingerprint density at radius 1 is 1.44 bits per heavy atom. The van der Waals surface area contributed by atoms with Crippen LogP contribution in [-0.4, -0.2) is 10.9 Å². The zero-order chi connectivity index (χ0) is 17.4. The van der Waals surface area contributed by atoms with E-state index in [1.165, 1.54) is 11.3 Å². The number of thiazole rings is 1. The van der Waals surface area contributed by atoms with Crippen LogP contribution in [0, 0.1) is 11.3 Å². The Balaban J connectivity index is 1.69. The molecule has 0 aliphatic carbocycles. The number of carbonyl (C=O) groups is 1. The first-order chi connectivity index (χ1) is 12.2. The van der Waals surface area contributed by atoms with Crippen LogP contribution in [0.2, 0.25) is 0 Å². The van der Waals surface area contributed by atoms with Crippen LogP contribution >= 0.6 is 11.3 Å². The van der Waals surface area contributed by atoms with Gasteiger partial charge in [-0.25, -0.2) is 4.98 Å². The summed E-state index contributed by atoms with van der Waals surface area (Å²) in [5.74, 6) is 0.463. The van der Waals surface area contributed by atoms with E-state index in [1.54, 1.807) is 24.5 Å². The maximum atomic E-state index is 11.8. The minimum atomic E-state index is -0.165. The first-order valence-electron chi connectivity index (χ1n) is 7.72. The monoisotopic (exact) mass is 347 g/mol. The van der Waals surface area contributed by atoms with Gasteiger partial charge >= 0.3 is 0 Å². The van der Waals surface area contributed by atoms with Crippen molar-refractivity contribution < 1.29 is 9.21 Å². The van der Waals surface area contributed by atoms with Crippen LogP contribution in [0.25, 0.3) is 22.9 Å². The van der Waals surface area contributed by atoms with E-state index in [0.29, 0.717) is 16.3 Å². The summed E-state index contributed by atoms with van der Waals surface area (Å²) < 4.78 is 5.26. The lowest BCUT2D eigenvalue weighted by atomic mass is 9.99. The van der Waals surface area contributed by atoms with Gasteiger partial charge in [-0.1, -0.05) is 6.07 Å². The number of rotatable bonds is 3. The van der Waals surface area contributed by atoms with Crippen molar-refractivity contribution >= 4 is 34.6 Å². The number of nitrogens with zero attached hydrogens (tertiary/aromatic N) is 2. The minimum Gasteiger partial charge on any atom is -0.465 e. The molecule has 5 nitrogen and oxygen atoms in total. The lowest BCUT2D eigenvalue weighted by molar-refractivity contribution is -0.116. The van der Waals surface area contributed by atoms with E-state index in [-0.39, 0.29) is 11.8 Å². The molecule has 0 fully saturated rings. The summed E-state index contributed by atoms with van der Waals surface area (Å²) in [5.41, 5.74) is 4.00. The maximum Gasteiger partial charge on any atom is 0.231 e. The van der Waals surface area contributed by atoms with Gasteiger partial charge in [0.25, 0.3) is 0 Å². The van der Waals surface area contributed by atoms with Crippen LogP contribution in [0.4, 0.5) is 5.69 Å². The molecular formula is C19H13N3O2S. The third-order valence-electron chi connectivity index (χ3n) is 4.15. The molecule has 3 heterocycles. The summed E-state index contributed by atoms with van der Waals surface area (Å²) in [5, 5.41) is 14.8. The van der Waals surface area contributed by atoms with Crippen molar-refractivity contribution in [2.24, 2.45) is 0 Å². The van der Waals surface area contributed by atoms with Crippen LogP contribution in [0.15, 0.2) is 46.4 Å². The highest BCUT2D eigenvalue weighted by molar-refractivity contribution is 7.11. The Morgan fingerprint density at radius 2 is 2.32 bits per heavy atom. The predicted octanol–water partition coefficient (Wildman–Crippen LogP) is 4.52. The molecule has 2 aromatic heterocycles. The second-order valence-corrected chi connectivity index (χ2v) is 6.59. The molecule has 1 N–H and O–H groups in total. The average molecular weight is 347 g/mol. The molecule has 4 rings (SSSR count). The third kappa shape index (κ3) is 2.75. The second kappa shape index (κ2) is 6.04. The molecule has 0 radical (unpaired) electrons. The molecule has 0 spiro atoms. The van der Waals surface area contributed by atoms with Crippen LogP contribution < -0.4 is 5.32 Å². The Morgan fingerprint density at radius 3 is 3.08 bits per heavy atom. The standard InChI is InChI=1S/C19H13N3O2S/c1-11-15-8-12(4-5-16(15)21-18(11)23)17-10-25-19(22-17)13(9-20)7-14-3-2-6-24-14/h2-8,10-11H,1H3,(H,21,23)/b13-7+/t11-/m1/s1. The molecule has 0 unspecified atom stereocenters. The molecule has 122 valence electrons. The number of allylic oxidation sites excluding steroid dienone is 1. The van der Waals surface area contributed by atoms with E-state index >= 15 is 0 Å². The van der Waals surface area contributed by atoms with Gasteiger partial charge in [-0.3, -0.25) is 4.79 Å². The Bertz CT molecular complexity index is 1030. The first kappa shape index (κ1) is 15.4. The van der Waals surface area contributed by atoms with E-state index in [9.17, 15) is 10.1 Å². The summed E-state index contributed by atoms with van der Waals surface area (Å²) in [7, 11) is 0. The molecule has 0 saturated heterocycles. The van der Waals surface area contributed by atoms with Crippen molar-refractivity contribution in [1.29, 1.82) is 5.26 Å². The highest BCUT2D eigenvalue weighted by Crippen LogP contribution is 2.36. The Labute approximate surface area is 148 Å². The Kier molecular flexibility index (Phi) is 3.71. The van der Waals surface area contributed by atoms with E-state index < -0.39 is 0 Å². The van der Waals surface area contributed by atoms with E-state index in [1.807, 2.05) is 30.5 Å². The number of aromatic nitrogens is 1. The third-order valence-corrected chi connectivity index (χ3v) is 5.03. The smallest absolute Gasteiger partial charge is 0.231 e.